The van der Waals surface area contributed by atoms with Crippen molar-refractivity contribution in [2.24, 2.45) is 5.92 Å². The zero-order chi connectivity index (χ0) is 13.7. The van der Waals surface area contributed by atoms with Crippen LogP contribution in [-0.2, 0) is 0 Å². The summed E-state index contributed by atoms with van der Waals surface area (Å²) in [6.45, 7) is 0.697. The number of halogens is 1. The van der Waals surface area contributed by atoms with Crippen LogP contribution in [0, 0.1) is 11.7 Å². The van der Waals surface area contributed by atoms with E-state index in [1.165, 1.54) is 50.3 Å². The first-order valence-electron chi connectivity index (χ1n) is 6.93. The van der Waals surface area contributed by atoms with Crippen molar-refractivity contribution >= 4 is 18.5 Å². The third-order valence-corrected chi connectivity index (χ3v) is 4.11. The number of nitrogens with one attached hydrogen (secondary N) is 1. The van der Waals surface area contributed by atoms with E-state index in [2.05, 4.69) is 17.9 Å². The molecule has 2 nitrogen and oxygen atoms in total. The van der Waals surface area contributed by atoms with Gasteiger partial charge in [0.15, 0.2) is 0 Å². The van der Waals surface area contributed by atoms with Gasteiger partial charge in [0.05, 0.1) is 0 Å². The Morgan fingerprint density at radius 2 is 2.05 bits per heavy atom. The lowest BCUT2D eigenvalue weighted by Gasteiger charge is -2.21. The van der Waals surface area contributed by atoms with E-state index < -0.39 is 5.82 Å². The van der Waals surface area contributed by atoms with Gasteiger partial charge in [-0.1, -0.05) is 32.1 Å². The molecule has 0 atom stereocenters. The monoisotopic (exact) mass is 281 g/mol. The predicted molar refractivity (Wildman–Crippen MR) is 77.2 cm³/mol. The molecule has 0 bridgehead atoms. The highest BCUT2D eigenvalue weighted by Crippen LogP contribution is 2.25. The first-order valence-corrected chi connectivity index (χ1v) is 7.38. The molecular weight excluding hydrogens is 261 g/mol. The normalized spacial score (nSPS) is 16.3. The first kappa shape index (κ1) is 14.4. The number of hydrogen-bond acceptors (Lipinski definition) is 2. The lowest BCUT2D eigenvalue weighted by molar-refractivity contribution is 0.0950. The maximum absolute atomic E-state index is 13.0. The summed E-state index contributed by atoms with van der Waals surface area (Å²) in [7, 11) is 0. The second-order valence-electron chi connectivity index (χ2n) is 5.21. The first-order chi connectivity index (χ1) is 9.16. The van der Waals surface area contributed by atoms with Gasteiger partial charge < -0.3 is 5.32 Å². The molecule has 1 aromatic carbocycles. The van der Waals surface area contributed by atoms with Crippen LogP contribution in [0.3, 0.4) is 0 Å². The zero-order valence-electron chi connectivity index (χ0n) is 11.0. The molecule has 1 amide bonds. The number of hydrogen-bond donors (Lipinski definition) is 2. The van der Waals surface area contributed by atoms with Gasteiger partial charge in [-0.15, -0.1) is 12.6 Å². The molecule has 0 saturated heterocycles. The quantitative estimate of drug-likeness (QED) is 0.807. The minimum Gasteiger partial charge on any atom is -0.352 e. The van der Waals surface area contributed by atoms with Crippen molar-refractivity contribution in [3.05, 3.63) is 29.6 Å². The number of carbonyl (C=O) groups is 1. The Balaban J connectivity index is 1.78. The standard InChI is InChI=1S/C15H20FNOS/c16-13-7-6-12(10-14(13)19)15(18)17-9-8-11-4-2-1-3-5-11/h6-7,10-11,19H,1-5,8-9H2,(H,17,18). The van der Waals surface area contributed by atoms with Gasteiger partial charge in [-0.25, -0.2) is 4.39 Å². The van der Waals surface area contributed by atoms with Crippen LogP contribution in [0.15, 0.2) is 23.1 Å². The van der Waals surface area contributed by atoms with Crippen LogP contribution in [-0.4, -0.2) is 12.5 Å². The lowest BCUT2D eigenvalue weighted by atomic mass is 9.87. The maximum atomic E-state index is 13.0. The molecule has 0 unspecified atom stereocenters. The Hall–Kier alpha value is -1.03. The molecule has 0 aromatic heterocycles. The second-order valence-corrected chi connectivity index (χ2v) is 5.70. The topological polar surface area (TPSA) is 29.1 Å². The number of carbonyl (C=O) groups excluding carboxylic acids is 1. The highest BCUT2D eigenvalue weighted by Gasteiger charge is 2.14. The van der Waals surface area contributed by atoms with Crippen LogP contribution < -0.4 is 5.32 Å². The molecule has 0 radical (unpaired) electrons. The van der Waals surface area contributed by atoms with Crippen LogP contribution in [0.25, 0.3) is 0 Å². The van der Waals surface area contributed by atoms with Crippen molar-refractivity contribution < 1.29 is 9.18 Å². The summed E-state index contributed by atoms with van der Waals surface area (Å²) in [6.07, 6.45) is 7.60. The Kier molecular flexibility index (Phi) is 5.25. The van der Waals surface area contributed by atoms with E-state index in [1.807, 2.05) is 0 Å². The van der Waals surface area contributed by atoms with Gasteiger partial charge in [0.1, 0.15) is 5.82 Å². The summed E-state index contributed by atoms with van der Waals surface area (Å²) in [5, 5.41) is 2.90. The van der Waals surface area contributed by atoms with Gasteiger partial charge in [0.2, 0.25) is 0 Å². The fourth-order valence-corrected chi connectivity index (χ4v) is 2.84. The van der Waals surface area contributed by atoms with Gasteiger partial charge in [-0.2, -0.15) is 0 Å². The Bertz CT molecular complexity index is 444. The summed E-state index contributed by atoms with van der Waals surface area (Å²) in [4.78, 5) is 12.1. The molecular formula is C15H20FNOS. The van der Waals surface area contributed by atoms with Crippen molar-refractivity contribution in [1.82, 2.24) is 5.32 Å². The average Bonchev–Trinajstić information content (AvgIpc) is 2.43. The number of rotatable bonds is 4. The van der Waals surface area contributed by atoms with Crippen LogP contribution in [0.4, 0.5) is 4.39 Å². The van der Waals surface area contributed by atoms with Crippen molar-refractivity contribution in [3.63, 3.8) is 0 Å². The van der Waals surface area contributed by atoms with Gasteiger partial charge in [0, 0.05) is 17.0 Å². The highest BCUT2D eigenvalue weighted by atomic mass is 32.1. The molecule has 0 heterocycles. The van der Waals surface area contributed by atoms with E-state index in [1.54, 1.807) is 0 Å². The minimum atomic E-state index is -0.401. The fourth-order valence-electron chi connectivity index (χ4n) is 2.62. The fraction of sp³-hybridized carbons (Fsp3) is 0.533. The van der Waals surface area contributed by atoms with Crippen LogP contribution in [0.2, 0.25) is 0 Å². The molecule has 1 aliphatic rings. The third-order valence-electron chi connectivity index (χ3n) is 3.77. The van der Waals surface area contributed by atoms with E-state index in [0.29, 0.717) is 12.1 Å². The molecule has 4 heteroatoms. The SMILES string of the molecule is O=C(NCCC1CCCCC1)c1ccc(F)c(S)c1. The number of benzene rings is 1. The van der Waals surface area contributed by atoms with E-state index in [4.69, 9.17) is 0 Å². The predicted octanol–water partition coefficient (Wildman–Crippen LogP) is 3.81. The van der Waals surface area contributed by atoms with Crippen molar-refractivity contribution in [3.8, 4) is 0 Å². The molecule has 1 fully saturated rings. The molecule has 2 rings (SSSR count). The molecule has 1 saturated carbocycles. The lowest BCUT2D eigenvalue weighted by Crippen LogP contribution is -2.26. The number of thiol groups is 1. The van der Waals surface area contributed by atoms with Gasteiger partial charge in [-0.3, -0.25) is 4.79 Å². The minimum absolute atomic E-state index is 0.147. The summed E-state index contributed by atoms with van der Waals surface area (Å²) >= 11 is 3.98. The summed E-state index contributed by atoms with van der Waals surface area (Å²) in [6, 6.07) is 4.23. The molecule has 0 aliphatic heterocycles. The molecule has 1 aliphatic carbocycles. The second kappa shape index (κ2) is 6.94. The van der Waals surface area contributed by atoms with Crippen LogP contribution in [0.5, 0.6) is 0 Å². The van der Waals surface area contributed by atoms with Crippen molar-refractivity contribution in [2.45, 2.75) is 43.4 Å². The zero-order valence-corrected chi connectivity index (χ0v) is 11.9. The van der Waals surface area contributed by atoms with Crippen molar-refractivity contribution in [2.75, 3.05) is 6.54 Å². The molecule has 1 N–H and O–H groups in total. The Morgan fingerprint density at radius 1 is 1.32 bits per heavy atom. The third kappa shape index (κ3) is 4.23. The molecule has 0 spiro atoms. The van der Waals surface area contributed by atoms with E-state index in [-0.39, 0.29) is 10.8 Å². The summed E-state index contributed by atoms with van der Waals surface area (Å²) in [5.74, 6) is 0.205. The maximum Gasteiger partial charge on any atom is 0.251 e. The van der Waals surface area contributed by atoms with Crippen molar-refractivity contribution in [1.29, 1.82) is 0 Å². The Morgan fingerprint density at radius 3 is 2.74 bits per heavy atom. The summed E-state index contributed by atoms with van der Waals surface area (Å²) in [5.41, 5.74) is 0.468. The van der Waals surface area contributed by atoms with Gasteiger partial charge in [0.25, 0.3) is 5.91 Å². The van der Waals surface area contributed by atoms with Crippen LogP contribution in [0.1, 0.15) is 48.9 Å². The Labute approximate surface area is 119 Å². The largest absolute Gasteiger partial charge is 0.352 e. The van der Waals surface area contributed by atoms with E-state index >= 15 is 0 Å². The molecule has 1 aromatic rings. The highest BCUT2D eigenvalue weighted by molar-refractivity contribution is 7.80. The average molecular weight is 281 g/mol. The summed E-state index contributed by atoms with van der Waals surface area (Å²) < 4.78 is 13.0. The van der Waals surface area contributed by atoms with Gasteiger partial charge in [-0.05, 0) is 30.5 Å². The molecule has 19 heavy (non-hydrogen) atoms. The van der Waals surface area contributed by atoms with E-state index in [9.17, 15) is 9.18 Å². The van der Waals surface area contributed by atoms with E-state index in [0.717, 1.165) is 12.3 Å². The van der Waals surface area contributed by atoms with Gasteiger partial charge >= 0.3 is 0 Å². The number of amides is 1. The smallest absolute Gasteiger partial charge is 0.251 e. The van der Waals surface area contributed by atoms with Crippen LogP contribution >= 0.6 is 12.6 Å². The molecule has 104 valence electrons.